The monoisotopic (exact) mass is 793 g/mol. The molecule has 0 aliphatic heterocycles. The van der Waals surface area contributed by atoms with Crippen molar-refractivity contribution in [2.45, 2.75) is 211 Å². The lowest BCUT2D eigenvalue weighted by atomic mass is 9.85. The van der Waals surface area contributed by atoms with Crippen LogP contribution in [0.3, 0.4) is 0 Å². The molecule has 1 fully saturated rings. The maximum absolute atomic E-state index is 12.8. The highest BCUT2D eigenvalue weighted by Crippen LogP contribution is 2.47. The van der Waals surface area contributed by atoms with Crippen LogP contribution in [0.4, 0.5) is 0 Å². The van der Waals surface area contributed by atoms with Gasteiger partial charge in [0.2, 0.25) is 0 Å². The van der Waals surface area contributed by atoms with Gasteiger partial charge in [-0.15, -0.1) is 0 Å². The topological polar surface area (TPSA) is 192 Å². The SMILES string of the molecule is CCCCC/C=C\CCCCCCCCOCC(COP(=O)(O)OC1C(O)C(O)C(O)C(O)C1O)OC(=O)CCCCCCC/C=C\CCCCCCC. The van der Waals surface area contributed by atoms with E-state index in [2.05, 4.69) is 38.2 Å². The number of phosphoric ester groups is 1. The molecule has 1 rings (SSSR count). The van der Waals surface area contributed by atoms with Gasteiger partial charge in [0, 0.05) is 13.0 Å². The Kier molecular flexibility index (Phi) is 30.9. The summed E-state index contributed by atoms with van der Waals surface area (Å²) < 4.78 is 34.0. The Morgan fingerprint density at radius 2 is 0.981 bits per heavy atom. The Bertz CT molecular complexity index is 995. The third-order valence-electron chi connectivity index (χ3n) is 9.80. The van der Waals surface area contributed by atoms with Gasteiger partial charge in [-0.25, -0.2) is 4.57 Å². The predicted molar refractivity (Wildman–Crippen MR) is 212 cm³/mol. The van der Waals surface area contributed by atoms with Crippen molar-refractivity contribution in [2.24, 2.45) is 0 Å². The molecule has 0 radical (unpaired) electrons. The van der Waals surface area contributed by atoms with Crippen LogP contribution in [0.5, 0.6) is 0 Å². The van der Waals surface area contributed by atoms with Gasteiger partial charge >= 0.3 is 13.8 Å². The molecule has 0 aromatic carbocycles. The lowest BCUT2D eigenvalue weighted by Crippen LogP contribution is -2.64. The van der Waals surface area contributed by atoms with Crippen molar-refractivity contribution in [3.05, 3.63) is 24.3 Å². The van der Waals surface area contributed by atoms with Crippen molar-refractivity contribution < 1.29 is 58.3 Å². The molecule has 0 aromatic rings. The minimum atomic E-state index is -5.01. The van der Waals surface area contributed by atoms with E-state index in [0.717, 1.165) is 70.6 Å². The molecule has 6 atom stereocenters. The average Bonchev–Trinajstić information content (AvgIpc) is 3.15. The summed E-state index contributed by atoms with van der Waals surface area (Å²) in [6, 6.07) is 0. The number of esters is 1. The Balaban J connectivity index is 2.45. The number of unbranched alkanes of at least 4 members (excludes halogenated alkanes) is 19. The van der Waals surface area contributed by atoms with Gasteiger partial charge < -0.3 is 39.9 Å². The lowest BCUT2D eigenvalue weighted by Gasteiger charge is -2.41. The zero-order valence-corrected chi connectivity index (χ0v) is 34.4. The van der Waals surface area contributed by atoms with Crippen molar-refractivity contribution in [1.29, 1.82) is 0 Å². The van der Waals surface area contributed by atoms with Crippen LogP contribution in [0.15, 0.2) is 24.3 Å². The molecule has 0 bridgehead atoms. The average molecular weight is 793 g/mol. The van der Waals surface area contributed by atoms with Gasteiger partial charge in [0.15, 0.2) is 0 Å². The first-order valence-electron chi connectivity index (χ1n) is 21.2. The molecule has 318 valence electrons. The Labute approximate surface area is 326 Å². The molecule has 54 heavy (non-hydrogen) atoms. The highest BCUT2D eigenvalue weighted by Gasteiger charge is 2.51. The summed E-state index contributed by atoms with van der Waals surface area (Å²) in [4.78, 5) is 23.1. The maximum Gasteiger partial charge on any atom is 0.472 e. The zero-order chi connectivity index (χ0) is 39.9. The number of rotatable bonds is 35. The molecule has 13 heteroatoms. The summed E-state index contributed by atoms with van der Waals surface area (Å²) in [5, 5.41) is 50.0. The van der Waals surface area contributed by atoms with Crippen LogP contribution < -0.4 is 0 Å². The van der Waals surface area contributed by atoms with E-state index in [1.54, 1.807) is 0 Å². The van der Waals surface area contributed by atoms with Gasteiger partial charge in [0.25, 0.3) is 0 Å². The fourth-order valence-electron chi connectivity index (χ4n) is 6.34. The summed E-state index contributed by atoms with van der Waals surface area (Å²) in [7, 11) is -5.01. The number of hydrogen-bond donors (Lipinski definition) is 6. The molecule has 0 heterocycles. The van der Waals surface area contributed by atoms with Gasteiger partial charge in [-0.2, -0.15) is 0 Å². The van der Waals surface area contributed by atoms with Gasteiger partial charge in [-0.3, -0.25) is 13.8 Å². The smallest absolute Gasteiger partial charge is 0.457 e. The van der Waals surface area contributed by atoms with Crippen molar-refractivity contribution in [2.75, 3.05) is 19.8 Å². The minimum absolute atomic E-state index is 0.0825. The summed E-state index contributed by atoms with van der Waals surface area (Å²) >= 11 is 0. The normalized spacial score (nSPS) is 23.6. The molecule has 6 N–H and O–H groups in total. The fourth-order valence-corrected chi connectivity index (χ4v) is 7.32. The van der Waals surface area contributed by atoms with Crippen molar-refractivity contribution >= 4 is 13.8 Å². The molecule has 12 nitrogen and oxygen atoms in total. The zero-order valence-electron chi connectivity index (χ0n) is 33.5. The number of carbonyl (C=O) groups is 1. The van der Waals surface area contributed by atoms with Crippen molar-refractivity contribution in [3.63, 3.8) is 0 Å². The van der Waals surface area contributed by atoms with Crippen LogP contribution in [-0.4, -0.2) is 98.9 Å². The van der Waals surface area contributed by atoms with Crippen LogP contribution in [-0.2, 0) is 27.9 Å². The third kappa shape index (κ3) is 25.1. The summed E-state index contributed by atoms with van der Waals surface area (Å²) in [6.07, 6.45) is 22.5. The number of aliphatic hydroxyl groups excluding tert-OH is 5. The number of carbonyl (C=O) groups excluding carboxylic acids is 1. The first-order chi connectivity index (χ1) is 26.0. The van der Waals surface area contributed by atoms with Crippen LogP contribution in [0, 0.1) is 0 Å². The van der Waals surface area contributed by atoms with E-state index < -0.39 is 63.1 Å². The van der Waals surface area contributed by atoms with E-state index >= 15 is 0 Å². The number of hydrogen-bond acceptors (Lipinski definition) is 11. The summed E-state index contributed by atoms with van der Waals surface area (Å²) in [5.41, 5.74) is 0. The van der Waals surface area contributed by atoms with E-state index in [0.29, 0.717) is 13.0 Å². The van der Waals surface area contributed by atoms with Crippen LogP contribution >= 0.6 is 7.82 Å². The Hall–Kier alpha value is -1.18. The van der Waals surface area contributed by atoms with E-state index in [4.69, 9.17) is 18.5 Å². The molecule has 1 saturated carbocycles. The molecule has 0 aromatic heterocycles. The number of allylic oxidation sites excluding steroid dienone is 4. The molecule has 0 spiro atoms. The van der Waals surface area contributed by atoms with E-state index in [9.17, 15) is 39.8 Å². The fraction of sp³-hybridized carbons (Fsp3) is 0.878. The Morgan fingerprint density at radius 3 is 1.50 bits per heavy atom. The molecule has 6 unspecified atom stereocenters. The van der Waals surface area contributed by atoms with Crippen LogP contribution in [0.25, 0.3) is 0 Å². The van der Waals surface area contributed by atoms with E-state index in [1.807, 2.05) is 0 Å². The first-order valence-corrected chi connectivity index (χ1v) is 22.7. The van der Waals surface area contributed by atoms with Gasteiger partial charge in [-0.1, -0.05) is 122 Å². The number of phosphoric acid groups is 1. The van der Waals surface area contributed by atoms with E-state index in [1.165, 1.54) is 70.6 Å². The van der Waals surface area contributed by atoms with E-state index in [-0.39, 0.29) is 13.0 Å². The summed E-state index contributed by atoms with van der Waals surface area (Å²) in [6.45, 7) is 4.19. The maximum atomic E-state index is 12.8. The first kappa shape index (κ1) is 50.8. The quantitative estimate of drug-likeness (QED) is 0.0159. The molecule has 0 saturated heterocycles. The standard InChI is InChI=1S/C41H77O12P/c1-3-5-7-9-11-13-15-17-18-20-22-24-26-28-30-35(42)52-34(32-50-31-29-27-25-23-21-19-16-14-12-10-8-6-4-2)33-51-54(48,49)53-41-39(46)37(44)36(43)38(45)40(41)47/h12,14-15,17,34,36-41,43-47H,3-11,13,16,18-33H2,1-2H3,(H,48,49)/b14-12-,17-15-. The second-order valence-corrected chi connectivity index (χ2v) is 16.2. The molecule has 1 aliphatic rings. The Morgan fingerprint density at radius 1 is 0.574 bits per heavy atom. The van der Waals surface area contributed by atoms with Crippen molar-refractivity contribution in [3.8, 4) is 0 Å². The second-order valence-electron chi connectivity index (χ2n) is 14.8. The highest BCUT2D eigenvalue weighted by molar-refractivity contribution is 7.47. The van der Waals surface area contributed by atoms with Gasteiger partial charge in [-0.05, 0) is 64.2 Å². The van der Waals surface area contributed by atoms with Crippen molar-refractivity contribution in [1.82, 2.24) is 0 Å². The molecular formula is C41H77O12P. The molecule has 1 aliphatic carbocycles. The second kappa shape index (κ2) is 32.9. The van der Waals surface area contributed by atoms with Crippen LogP contribution in [0.2, 0.25) is 0 Å². The number of ether oxygens (including phenoxy) is 2. The lowest BCUT2D eigenvalue weighted by molar-refractivity contribution is -0.220. The molecular weight excluding hydrogens is 715 g/mol. The summed E-state index contributed by atoms with van der Waals surface area (Å²) in [5.74, 6) is -0.489. The van der Waals surface area contributed by atoms with Gasteiger partial charge in [0.05, 0.1) is 13.2 Å². The third-order valence-corrected chi connectivity index (χ3v) is 10.8. The van der Waals surface area contributed by atoms with Crippen LogP contribution in [0.1, 0.15) is 168 Å². The molecule has 0 amide bonds. The highest BCUT2D eigenvalue weighted by atomic mass is 31.2. The number of aliphatic hydroxyl groups is 5. The largest absolute Gasteiger partial charge is 0.472 e. The van der Waals surface area contributed by atoms with Gasteiger partial charge in [0.1, 0.15) is 42.7 Å². The predicted octanol–water partition coefficient (Wildman–Crippen LogP) is 7.75. The minimum Gasteiger partial charge on any atom is -0.457 e.